The van der Waals surface area contributed by atoms with Gasteiger partial charge in [0, 0.05) is 4.91 Å². The third kappa shape index (κ3) is 1.22. The molecule has 5 nitrogen and oxygen atoms in total. The predicted molar refractivity (Wildman–Crippen MR) is 49.4 cm³/mol. The van der Waals surface area contributed by atoms with Crippen molar-refractivity contribution in [3.63, 3.8) is 0 Å². The molecule has 0 unspecified atom stereocenters. The third-order valence-corrected chi connectivity index (χ3v) is 3.62. The first kappa shape index (κ1) is 9.54. The zero-order chi connectivity index (χ0) is 10.3. The van der Waals surface area contributed by atoms with Gasteiger partial charge >= 0.3 is 5.97 Å². The molecule has 76 valence electrons. The van der Waals surface area contributed by atoms with Crippen molar-refractivity contribution in [3.05, 3.63) is 11.0 Å². The van der Waals surface area contributed by atoms with Gasteiger partial charge in [0.25, 0.3) is 0 Å². The van der Waals surface area contributed by atoms with Crippen LogP contribution in [0.25, 0.3) is 0 Å². The molecule has 1 amide bonds. The van der Waals surface area contributed by atoms with Crippen molar-refractivity contribution in [3.8, 4) is 0 Å². The molecular formula is C8H9NO4S. The van der Waals surface area contributed by atoms with Gasteiger partial charge in [-0.3, -0.25) is 4.79 Å². The number of carboxylic acid groups (broad SMARTS) is 1. The van der Waals surface area contributed by atoms with E-state index in [0.717, 1.165) is 0 Å². The minimum Gasteiger partial charge on any atom is -0.479 e. The number of hydrogen-bond acceptors (Lipinski definition) is 4. The fourth-order valence-electron chi connectivity index (χ4n) is 1.66. The van der Waals surface area contributed by atoms with Crippen LogP contribution in [0.5, 0.6) is 0 Å². The highest BCUT2D eigenvalue weighted by Gasteiger charge is 2.52. The number of amides is 1. The molecular weight excluding hydrogens is 206 g/mol. The molecule has 2 fully saturated rings. The first-order chi connectivity index (χ1) is 6.65. The van der Waals surface area contributed by atoms with Crippen LogP contribution in [0.3, 0.4) is 0 Å². The summed E-state index contributed by atoms with van der Waals surface area (Å²) in [6.07, 6.45) is 1.85. The highest BCUT2D eigenvalue weighted by Crippen LogP contribution is 2.46. The zero-order valence-electron chi connectivity index (χ0n) is 7.21. The summed E-state index contributed by atoms with van der Waals surface area (Å²) in [6, 6.07) is -0.876. The molecule has 2 heterocycles. The van der Waals surface area contributed by atoms with Gasteiger partial charge in [0.2, 0.25) is 5.91 Å². The molecule has 2 aliphatic rings. The minimum absolute atomic E-state index is 0.0404. The molecule has 0 aliphatic carbocycles. The number of rotatable bonds is 2. The molecule has 0 radical (unpaired) electrons. The number of aliphatic hydroxyl groups excluding tert-OH is 1. The van der Waals surface area contributed by atoms with Crippen LogP contribution in [0.4, 0.5) is 0 Å². The Morgan fingerprint density at radius 2 is 2.43 bits per heavy atom. The molecule has 6 heteroatoms. The standard InChI is InChI=1S/C8H9NO4S/c10-2-1-4-7(8(12)13)9-5(11)3-6(9)14-4/h1,6-7,10H,2-3H2,(H,12,13)/b4-1-/t6-,7-/m1/s1. The number of aliphatic hydroxyl groups is 1. The molecule has 0 saturated carbocycles. The summed E-state index contributed by atoms with van der Waals surface area (Å²) in [4.78, 5) is 23.9. The van der Waals surface area contributed by atoms with Crippen LogP contribution in [0.1, 0.15) is 6.42 Å². The third-order valence-electron chi connectivity index (χ3n) is 2.29. The van der Waals surface area contributed by atoms with E-state index in [1.54, 1.807) is 0 Å². The van der Waals surface area contributed by atoms with Crippen LogP contribution in [0.2, 0.25) is 0 Å². The van der Waals surface area contributed by atoms with Crippen LogP contribution in [0.15, 0.2) is 11.0 Å². The van der Waals surface area contributed by atoms with Gasteiger partial charge in [-0.1, -0.05) is 0 Å². The maximum Gasteiger partial charge on any atom is 0.331 e. The van der Waals surface area contributed by atoms with E-state index in [4.69, 9.17) is 10.2 Å². The highest BCUT2D eigenvalue weighted by molar-refractivity contribution is 8.04. The Kier molecular flexibility index (Phi) is 2.24. The van der Waals surface area contributed by atoms with E-state index in [-0.39, 0.29) is 17.9 Å². The average Bonchev–Trinajstić information content (AvgIpc) is 2.39. The lowest BCUT2D eigenvalue weighted by Crippen LogP contribution is -2.53. The second kappa shape index (κ2) is 3.29. The molecule has 0 spiro atoms. The lowest BCUT2D eigenvalue weighted by atomic mass is 10.1. The van der Waals surface area contributed by atoms with Gasteiger partial charge < -0.3 is 15.1 Å². The van der Waals surface area contributed by atoms with Crippen LogP contribution in [-0.2, 0) is 9.59 Å². The zero-order valence-corrected chi connectivity index (χ0v) is 8.03. The molecule has 2 rings (SSSR count). The summed E-state index contributed by atoms with van der Waals surface area (Å²) in [5.41, 5.74) is 0. The topological polar surface area (TPSA) is 77.8 Å². The number of fused-ring (bicyclic) bond motifs is 1. The quantitative estimate of drug-likeness (QED) is 0.614. The van der Waals surface area contributed by atoms with Gasteiger partial charge in [-0.05, 0) is 6.08 Å². The van der Waals surface area contributed by atoms with Crippen molar-refractivity contribution in [2.45, 2.75) is 17.8 Å². The van der Waals surface area contributed by atoms with Crippen molar-refractivity contribution in [2.24, 2.45) is 0 Å². The Morgan fingerprint density at radius 3 is 2.93 bits per heavy atom. The van der Waals surface area contributed by atoms with E-state index in [2.05, 4.69) is 0 Å². The Balaban J connectivity index is 2.26. The highest BCUT2D eigenvalue weighted by atomic mass is 32.2. The van der Waals surface area contributed by atoms with Crippen LogP contribution in [-0.4, -0.2) is 45.0 Å². The molecule has 0 aromatic carbocycles. The summed E-state index contributed by atoms with van der Waals surface area (Å²) in [5.74, 6) is -1.16. The van der Waals surface area contributed by atoms with E-state index in [9.17, 15) is 9.59 Å². The fraction of sp³-hybridized carbons (Fsp3) is 0.500. The summed E-state index contributed by atoms with van der Waals surface area (Å²) in [7, 11) is 0. The van der Waals surface area contributed by atoms with Gasteiger partial charge in [-0.15, -0.1) is 11.8 Å². The number of carbonyl (C=O) groups is 2. The Labute approximate surface area is 84.4 Å². The van der Waals surface area contributed by atoms with Crippen molar-refractivity contribution < 1.29 is 19.8 Å². The number of carboxylic acids is 1. The van der Waals surface area contributed by atoms with Gasteiger partial charge in [0.15, 0.2) is 6.04 Å². The number of carbonyl (C=O) groups excluding carboxylic acids is 1. The number of hydrogen-bond donors (Lipinski definition) is 2. The van der Waals surface area contributed by atoms with E-state index >= 15 is 0 Å². The van der Waals surface area contributed by atoms with E-state index in [1.807, 2.05) is 0 Å². The van der Waals surface area contributed by atoms with Crippen LogP contribution >= 0.6 is 11.8 Å². The van der Waals surface area contributed by atoms with E-state index in [1.165, 1.54) is 22.7 Å². The molecule has 2 N–H and O–H groups in total. The maximum atomic E-state index is 11.1. The fourth-order valence-corrected chi connectivity index (χ4v) is 3.07. The number of nitrogens with zero attached hydrogens (tertiary/aromatic N) is 1. The Hall–Kier alpha value is -1.01. The van der Waals surface area contributed by atoms with Gasteiger partial charge in [-0.25, -0.2) is 4.79 Å². The molecule has 0 aromatic rings. The molecule has 2 saturated heterocycles. The van der Waals surface area contributed by atoms with Crippen molar-refractivity contribution in [1.82, 2.24) is 4.90 Å². The normalized spacial score (nSPS) is 33.1. The SMILES string of the molecule is O=C(O)[C@H]1/C(=C/CO)S[C@@H]2CC(=O)N21. The Bertz CT molecular complexity index is 327. The van der Waals surface area contributed by atoms with Crippen molar-refractivity contribution in [1.29, 1.82) is 0 Å². The number of β-lactam (4-membered cyclic amide) rings is 1. The van der Waals surface area contributed by atoms with Gasteiger partial charge in [0.1, 0.15) is 0 Å². The lowest BCUT2D eigenvalue weighted by Gasteiger charge is -2.35. The van der Waals surface area contributed by atoms with Crippen LogP contribution in [0, 0.1) is 0 Å². The first-order valence-corrected chi connectivity index (χ1v) is 5.04. The largest absolute Gasteiger partial charge is 0.479 e. The van der Waals surface area contributed by atoms with Crippen LogP contribution < -0.4 is 0 Å². The second-order valence-corrected chi connectivity index (χ2v) is 4.36. The summed E-state index contributed by atoms with van der Waals surface area (Å²) in [5, 5.41) is 17.6. The Morgan fingerprint density at radius 1 is 1.71 bits per heavy atom. The van der Waals surface area contributed by atoms with Gasteiger partial charge in [0.05, 0.1) is 18.4 Å². The second-order valence-electron chi connectivity index (χ2n) is 3.11. The molecule has 2 aliphatic heterocycles. The number of thioether (sulfide) groups is 1. The van der Waals surface area contributed by atoms with E-state index in [0.29, 0.717) is 11.3 Å². The predicted octanol–water partition coefficient (Wildman–Crippen LogP) is -0.379. The van der Waals surface area contributed by atoms with Crippen molar-refractivity contribution in [2.75, 3.05) is 6.61 Å². The minimum atomic E-state index is -1.03. The smallest absolute Gasteiger partial charge is 0.331 e. The molecule has 2 atom stereocenters. The summed E-state index contributed by atoms with van der Waals surface area (Å²) >= 11 is 1.35. The average molecular weight is 215 g/mol. The summed E-state index contributed by atoms with van der Waals surface area (Å²) < 4.78 is 0. The number of aliphatic carboxylic acids is 1. The maximum absolute atomic E-state index is 11.1. The first-order valence-electron chi connectivity index (χ1n) is 4.16. The molecule has 0 aromatic heterocycles. The summed E-state index contributed by atoms with van der Waals surface area (Å²) in [6.45, 7) is -0.194. The molecule has 0 bridgehead atoms. The monoisotopic (exact) mass is 215 g/mol. The van der Waals surface area contributed by atoms with Crippen molar-refractivity contribution >= 4 is 23.6 Å². The lowest BCUT2D eigenvalue weighted by molar-refractivity contribution is -0.154. The molecule has 14 heavy (non-hydrogen) atoms. The van der Waals surface area contributed by atoms with Gasteiger partial charge in [-0.2, -0.15) is 0 Å². The van der Waals surface area contributed by atoms with E-state index < -0.39 is 12.0 Å².